The second kappa shape index (κ2) is 7.94. The topological polar surface area (TPSA) is 29.1 Å². The Bertz CT molecular complexity index is 867. The molecule has 3 rings (SSSR count). The Kier molecular flexibility index (Phi) is 5.46. The molecule has 0 aliphatic carbocycles. The van der Waals surface area contributed by atoms with Crippen molar-refractivity contribution in [2.45, 2.75) is 10.6 Å². The van der Waals surface area contributed by atoms with Crippen LogP contribution in [-0.2, 0) is 5.75 Å². The van der Waals surface area contributed by atoms with Gasteiger partial charge in [-0.1, -0.05) is 30.3 Å². The normalized spacial score (nSPS) is 10.5. The number of carbonyl (C=O) groups excluding carboxylic acids is 1. The summed E-state index contributed by atoms with van der Waals surface area (Å²) in [6.45, 7) is 0. The monoisotopic (exact) mass is 355 g/mol. The zero-order chi connectivity index (χ0) is 17.6. The van der Waals surface area contributed by atoms with Crippen molar-refractivity contribution in [3.05, 3.63) is 95.6 Å². The number of nitrogens with one attached hydrogen (secondary N) is 1. The lowest BCUT2D eigenvalue weighted by Gasteiger charge is -2.06. The van der Waals surface area contributed by atoms with Crippen LogP contribution in [0.5, 0.6) is 0 Å². The summed E-state index contributed by atoms with van der Waals surface area (Å²) in [6.07, 6.45) is 0. The molecule has 0 aliphatic heterocycles. The van der Waals surface area contributed by atoms with Crippen LogP contribution in [0.2, 0.25) is 0 Å². The number of hydrogen-bond acceptors (Lipinski definition) is 2. The minimum Gasteiger partial charge on any atom is -0.322 e. The summed E-state index contributed by atoms with van der Waals surface area (Å²) in [5, 5.41) is 2.83. The van der Waals surface area contributed by atoms with E-state index in [9.17, 15) is 13.6 Å². The highest BCUT2D eigenvalue weighted by Crippen LogP contribution is 2.24. The van der Waals surface area contributed by atoms with Crippen LogP contribution in [0.25, 0.3) is 0 Å². The predicted molar refractivity (Wildman–Crippen MR) is 96.8 cm³/mol. The molecule has 126 valence electrons. The minimum atomic E-state index is -0.849. The van der Waals surface area contributed by atoms with Gasteiger partial charge in [-0.2, -0.15) is 0 Å². The van der Waals surface area contributed by atoms with Crippen LogP contribution in [0.15, 0.2) is 77.7 Å². The molecule has 0 bridgehead atoms. The number of halogens is 2. The van der Waals surface area contributed by atoms with Crippen molar-refractivity contribution in [3.8, 4) is 0 Å². The van der Waals surface area contributed by atoms with E-state index in [-0.39, 0.29) is 5.91 Å². The summed E-state index contributed by atoms with van der Waals surface area (Å²) in [5.41, 5.74) is 2.29. The number of rotatable bonds is 5. The zero-order valence-corrected chi connectivity index (χ0v) is 14.0. The molecule has 0 saturated heterocycles. The molecule has 0 heterocycles. The standard InChI is InChI=1S/C20H15F2NOS/c21-18-11-10-17(12-19(18)22)25-13-14-6-8-15(9-7-14)20(24)23-16-4-2-1-3-5-16/h1-12H,13H2,(H,23,24). The number of para-hydroxylation sites is 1. The van der Waals surface area contributed by atoms with E-state index < -0.39 is 11.6 Å². The fourth-order valence-electron chi connectivity index (χ4n) is 2.21. The van der Waals surface area contributed by atoms with Gasteiger partial charge in [0.2, 0.25) is 0 Å². The maximum Gasteiger partial charge on any atom is 0.255 e. The van der Waals surface area contributed by atoms with Gasteiger partial charge in [-0.15, -0.1) is 11.8 Å². The first-order valence-electron chi connectivity index (χ1n) is 7.65. The van der Waals surface area contributed by atoms with Crippen LogP contribution >= 0.6 is 11.8 Å². The van der Waals surface area contributed by atoms with E-state index in [2.05, 4.69) is 5.32 Å². The molecule has 3 aromatic carbocycles. The van der Waals surface area contributed by atoms with Gasteiger partial charge in [-0.25, -0.2) is 8.78 Å². The Morgan fingerprint density at radius 1 is 0.880 bits per heavy atom. The highest BCUT2D eigenvalue weighted by Gasteiger charge is 2.07. The lowest BCUT2D eigenvalue weighted by Crippen LogP contribution is -2.11. The van der Waals surface area contributed by atoms with E-state index in [0.29, 0.717) is 16.2 Å². The summed E-state index contributed by atoms with van der Waals surface area (Å²) >= 11 is 1.41. The second-order valence-electron chi connectivity index (χ2n) is 5.38. The Balaban J connectivity index is 1.60. The molecule has 5 heteroatoms. The number of hydrogen-bond donors (Lipinski definition) is 1. The van der Waals surface area contributed by atoms with E-state index in [4.69, 9.17) is 0 Å². The number of thioether (sulfide) groups is 1. The Labute approximate surface area is 148 Å². The molecular formula is C20H15F2NOS. The van der Waals surface area contributed by atoms with Crippen molar-refractivity contribution in [2.75, 3.05) is 5.32 Å². The molecule has 1 amide bonds. The summed E-state index contributed by atoms with van der Waals surface area (Å²) < 4.78 is 26.1. The van der Waals surface area contributed by atoms with Gasteiger partial charge in [-0.05, 0) is 48.0 Å². The third-order valence-electron chi connectivity index (χ3n) is 3.54. The summed E-state index contributed by atoms with van der Waals surface area (Å²) in [4.78, 5) is 12.8. The SMILES string of the molecule is O=C(Nc1ccccc1)c1ccc(CSc2ccc(F)c(F)c2)cc1. The molecule has 0 aromatic heterocycles. The summed E-state index contributed by atoms with van der Waals surface area (Å²) in [5.74, 6) is -1.27. The van der Waals surface area contributed by atoms with Gasteiger partial charge in [0.15, 0.2) is 11.6 Å². The largest absolute Gasteiger partial charge is 0.322 e. The first-order valence-corrected chi connectivity index (χ1v) is 8.63. The van der Waals surface area contributed by atoms with Gasteiger partial charge in [0.1, 0.15) is 0 Å². The van der Waals surface area contributed by atoms with Crippen molar-refractivity contribution >= 4 is 23.4 Å². The third kappa shape index (κ3) is 4.67. The summed E-state index contributed by atoms with van der Waals surface area (Å²) in [6, 6.07) is 20.3. The van der Waals surface area contributed by atoms with Crippen LogP contribution < -0.4 is 5.32 Å². The molecule has 25 heavy (non-hydrogen) atoms. The van der Waals surface area contributed by atoms with Gasteiger partial charge >= 0.3 is 0 Å². The van der Waals surface area contributed by atoms with E-state index >= 15 is 0 Å². The highest BCUT2D eigenvalue weighted by molar-refractivity contribution is 7.98. The maximum absolute atomic E-state index is 13.2. The number of benzene rings is 3. The first-order chi connectivity index (χ1) is 12.1. The van der Waals surface area contributed by atoms with E-state index in [1.807, 2.05) is 42.5 Å². The van der Waals surface area contributed by atoms with Gasteiger partial charge in [-0.3, -0.25) is 4.79 Å². The third-order valence-corrected chi connectivity index (χ3v) is 4.61. The lowest BCUT2D eigenvalue weighted by atomic mass is 10.1. The van der Waals surface area contributed by atoms with Crippen molar-refractivity contribution in [2.24, 2.45) is 0 Å². The highest BCUT2D eigenvalue weighted by atomic mass is 32.2. The number of amides is 1. The Morgan fingerprint density at radius 3 is 2.28 bits per heavy atom. The zero-order valence-electron chi connectivity index (χ0n) is 13.2. The fraction of sp³-hybridized carbons (Fsp3) is 0.0500. The van der Waals surface area contributed by atoms with Crippen molar-refractivity contribution in [1.82, 2.24) is 0 Å². The molecule has 0 aliphatic rings. The molecule has 0 atom stereocenters. The second-order valence-corrected chi connectivity index (χ2v) is 6.43. The van der Waals surface area contributed by atoms with Gasteiger partial charge < -0.3 is 5.32 Å². The molecule has 1 N–H and O–H groups in total. The maximum atomic E-state index is 13.2. The average Bonchev–Trinajstić information content (AvgIpc) is 2.64. The summed E-state index contributed by atoms with van der Waals surface area (Å²) in [7, 11) is 0. The van der Waals surface area contributed by atoms with Crippen LogP contribution in [0.1, 0.15) is 15.9 Å². The Morgan fingerprint density at radius 2 is 1.60 bits per heavy atom. The van der Waals surface area contributed by atoms with Gasteiger partial charge in [0.25, 0.3) is 5.91 Å². The molecule has 0 spiro atoms. The molecule has 2 nitrogen and oxygen atoms in total. The molecule has 0 unspecified atom stereocenters. The van der Waals surface area contributed by atoms with Crippen molar-refractivity contribution in [1.29, 1.82) is 0 Å². The average molecular weight is 355 g/mol. The van der Waals surface area contributed by atoms with E-state index in [1.165, 1.54) is 17.8 Å². The molecular weight excluding hydrogens is 340 g/mol. The first kappa shape index (κ1) is 17.2. The number of anilines is 1. The van der Waals surface area contributed by atoms with Crippen molar-refractivity contribution in [3.63, 3.8) is 0 Å². The lowest BCUT2D eigenvalue weighted by molar-refractivity contribution is 0.102. The Hall–Kier alpha value is -2.66. The van der Waals surface area contributed by atoms with Gasteiger partial charge in [0, 0.05) is 21.9 Å². The minimum absolute atomic E-state index is 0.175. The van der Waals surface area contributed by atoms with Crippen LogP contribution in [0.4, 0.5) is 14.5 Å². The number of carbonyl (C=O) groups is 1. The molecule has 0 fully saturated rings. The molecule has 0 radical (unpaired) electrons. The smallest absolute Gasteiger partial charge is 0.255 e. The van der Waals surface area contributed by atoms with Crippen LogP contribution in [0, 0.1) is 11.6 Å². The van der Waals surface area contributed by atoms with E-state index in [0.717, 1.165) is 17.3 Å². The van der Waals surface area contributed by atoms with Crippen LogP contribution in [-0.4, -0.2) is 5.91 Å². The van der Waals surface area contributed by atoms with Gasteiger partial charge in [0.05, 0.1) is 0 Å². The van der Waals surface area contributed by atoms with E-state index in [1.54, 1.807) is 18.2 Å². The fourth-order valence-corrected chi connectivity index (χ4v) is 3.09. The van der Waals surface area contributed by atoms with Crippen LogP contribution in [0.3, 0.4) is 0 Å². The van der Waals surface area contributed by atoms with Crippen molar-refractivity contribution < 1.29 is 13.6 Å². The quantitative estimate of drug-likeness (QED) is 0.612. The molecule has 3 aromatic rings. The predicted octanol–water partition coefficient (Wildman–Crippen LogP) is 5.51. The molecule has 0 saturated carbocycles.